The van der Waals surface area contributed by atoms with Gasteiger partial charge in [0.25, 0.3) is 0 Å². The normalized spacial score (nSPS) is 15.3. The summed E-state index contributed by atoms with van der Waals surface area (Å²) in [6.45, 7) is 8.43. The zero-order chi connectivity index (χ0) is 14.8. The molecule has 1 aliphatic rings. The molecular weight excluding hydrogens is 258 g/mol. The number of hydrogen-bond donors (Lipinski definition) is 1. The minimum absolute atomic E-state index is 0.853. The van der Waals surface area contributed by atoms with Crippen LogP contribution in [0.4, 0.5) is 17.1 Å². The van der Waals surface area contributed by atoms with Gasteiger partial charge in [0.15, 0.2) is 0 Å². The zero-order valence-corrected chi connectivity index (χ0v) is 12.8. The Hall–Kier alpha value is -2.16. The monoisotopic (exact) mass is 281 g/mol. The van der Waals surface area contributed by atoms with Gasteiger partial charge in [0, 0.05) is 43.2 Å². The molecule has 2 aromatic rings. The first-order valence-electron chi connectivity index (χ1n) is 7.55. The molecule has 110 valence electrons. The summed E-state index contributed by atoms with van der Waals surface area (Å²) in [5.74, 6) is 0. The standard InChI is InChI=1S/C18H23N3/c1-14-4-3-5-17(11-14)20-6-8-21(9-7-20)18-12-15(2)10-16(19)13-18/h3-5,10-13H,6-9,19H2,1-2H3. The summed E-state index contributed by atoms with van der Waals surface area (Å²) >= 11 is 0. The number of anilines is 3. The van der Waals surface area contributed by atoms with Gasteiger partial charge < -0.3 is 15.5 Å². The number of rotatable bonds is 2. The van der Waals surface area contributed by atoms with Crippen molar-refractivity contribution in [2.45, 2.75) is 13.8 Å². The second-order valence-corrected chi connectivity index (χ2v) is 5.91. The van der Waals surface area contributed by atoms with Crippen molar-refractivity contribution in [3.63, 3.8) is 0 Å². The zero-order valence-electron chi connectivity index (χ0n) is 12.8. The average molecular weight is 281 g/mol. The van der Waals surface area contributed by atoms with E-state index in [0.717, 1.165) is 31.9 Å². The fourth-order valence-corrected chi connectivity index (χ4v) is 3.02. The molecule has 0 amide bonds. The van der Waals surface area contributed by atoms with Crippen molar-refractivity contribution in [2.24, 2.45) is 0 Å². The van der Waals surface area contributed by atoms with Crippen molar-refractivity contribution in [2.75, 3.05) is 41.7 Å². The van der Waals surface area contributed by atoms with Gasteiger partial charge in [-0.3, -0.25) is 0 Å². The van der Waals surface area contributed by atoms with E-state index in [2.05, 4.69) is 60.0 Å². The van der Waals surface area contributed by atoms with Gasteiger partial charge in [-0.05, 0) is 55.3 Å². The lowest BCUT2D eigenvalue weighted by atomic mass is 10.1. The quantitative estimate of drug-likeness (QED) is 0.858. The molecule has 2 aromatic carbocycles. The summed E-state index contributed by atoms with van der Waals surface area (Å²) in [7, 11) is 0. The molecule has 0 unspecified atom stereocenters. The highest BCUT2D eigenvalue weighted by molar-refractivity contribution is 5.59. The maximum Gasteiger partial charge on any atom is 0.0390 e. The largest absolute Gasteiger partial charge is 0.399 e. The molecule has 0 bridgehead atoms. The van der Waals surface area contributed by atoms with Crippen LogP contribution in [-0.2, 0) is 0 Å². The predicted molar refractivity (Wildman–Crippen MR) is 91.2 cm³/mol. The van der Waals surface area contributed by atoms with Crippen LogP contribution in [0.1, 0.15) is 11.1 Å². The van der Waals surface area contributed by atoms with E-state index in [4.69, 9.17) is 5.73 Å². The van der Waals surface area contributed by atoms with E-state index >= 15 is 0 Å². The van der Waals surface area contributed by atoms with Crippen LogP contribution >= 0.6 is 0 Å². The summed E-state index contributed by atoms with van der Waals surface area (Å²) in [5.41, 5.74) is 11.9. The molecule has 0 radical (unpaired) electrons. The van der Waals surface area contributed by atoms with Crippen molar-refractivity contribution < 1.29 is 0 Å². The van der Waals surface area contributed by atoms with Crippen molar-refractivity contribution in [3.05, 3.63) is 53.6 Å². The molecule has 0 aromatic heterocycles. The van der Waals surface area contributed by atoms with Crippen molar-refractivity contribution in [3.8, 4) is 0 Å². The SMILES string of the molecule is Cc1cccc(N2CCN(c3cc(C)cc(N)c3)CC2)c1. The Morgan fingerprint density at radius 2 is 1.38 bits per heavy atom. The lowest BCUT2D eigenvalue weighted by Gasteiger charge is -2.37. The maximum absolute atomic E-state index is 5.96. The first kappa shape index (κ1) is 13.8. The first-order valence-corrected chi connectivity index (χ1v) is 7.55. The van der Waals surface area contributed by atoms with Gasteiger partial charge in [0.05, 0.1) is 0 Å². The van der Waals surface area contributed by atoms with Gasteiger partial charge in [-0.25, -0.2) is 0 Å². The average Bonchev–Trinajstić information content (AvgIpc) is 2.46. The van der Waals surface area contributed by atoms with Crippen molar-refractivity contribution in [1.82, 2.24) is 0 Å². The number of nitrogen functional groups attached to an aromatic ring is 1. The molecule has 1 saturated heterocycles. The molecule has 0 aliphatic carbocycles. The van der Waals surface area contributed by atoms with E-state index in [1.165, 1.54) is 22.5 Å². The van der Waals surface area contributed by atoms with Crippen LogP contribution in [0.3, 0.4) is 0 Å². The van der Waals surface area contributed by atoms with Crippen LogP contribution in [0.2, 0.25) is 0 Å². The Labute approximate surface area is 127 Å². The number of piperazine rings is 1. The highest BCUT2D eigenvalue weighted by atomic mass is 15.3. The summed E-state index contributed by atoms with van der Waals surface area (Å²) in [6, 6.07) is 15.1. The summed E-state index contributed by atoms with van der Waals surface area (Å²) < 4.78 is 0. The van der Waals surface area contributed by atoms with E-state index in [0.29, 0.717) is 0 Å². The number of nitrogens with zero attached hydrogens (tertiary/aromatic N) is 2. The second-order valence-electron chi connectivity index (χ2n) is 5.91. The predicted octanol–water partition coefficient (Wildman–Crippen LogP) is 3.21. The highest BCUT2D eigenvalue weighted by Crippen LogP contribution is 2.24. The topological polar surface area (TPSA) is 32.5 Å². The van der Waals surface area contributed by atoms with Crippen LogP contribution in [-0.4, -0.2) is 26.2 Å². The Morgan fingerprint density at radius 3 is 2.00 bits per heavy atom. The fraction of sp³-hybridized carbons (Fsp3) is 0.333. The van der Waals surface area contributed by atoms with Crippen molar-refractivity contribution in [1.29, 1.82) is 0 Å². The molecule has 1 heterocycles. The molecule has 3 rings (SSSR count). The number of benzene rings is 2. The van der Waals surface area contributed by atoms with Gasteiger partial charge in [0.2, 0.25) is 0 Å². The molecule has 0 spiro atoms. The van der Waals surface area contributed by atoms with E-state index in [-0.39, 0.29) is 0 Å². The van der Waals surface area contributed by atoms with Crippen molar-refractivity contribution >= 4 is 17.1 Å². The Bertz CT molecular complexity index is 608. The third kappa shape index (κ3) is 3.13. The van der Waals surface area contributed by atoms with E-state index in [1.54, 1.807) is 0 Å². The maximum atomic E-state index is 5.96. The minimum Gasteiger partial charge on any atom is -0.399 e. The van der Waals surface area contributed by atoms with E-state index in [1.807, 2.05) is 6.07 Å². The second kappa shape index (κ2) is 5.68. The summed E-state index contributed by atoms with van der Waals surface area (Å²) in [4.78, 5) is 4.89. The summed E-state index contributed by atoms with van der Waals surface area (Å²) in [6.07, 6.45) is 0. The third-order valence-corrected chi connectivity index (χ3v) is 4.10. The minimum atomic E-state index is 0.853. The van der Waals surface area contributed by atoms with Crippen LogP contribution in [0.5, 0.6) is 0 Å². The molecule has 0 saturated carbocycles. The van der Waals surface area contributed by atoms with Gasteiger partial charge >= 0.3 is 0 Å². The van der Waals surface area contributed by atoms with Gasteiger partial charge in [0.1, 0.15) is 0 Å². The molecule has 2 N–H and O–H groups in total. The van der Waals surface area contributed by atoms with Gasteiger partial charge in [-0.15, -0.1) is 0 Å². The van der Waals surface area contributed by atoms with Crippen LogP contribution in [0, 0.1) is 13.8 Å². The molecule has 3 heteroatoms. The Morgan fingerprint density at radius 1 is 0.762 bits per heavy atom. The smallest absolute Gasteiger partial charge is 0.0390 e. The molecule has 1 fully saturated rings. The van der Waals surface area contributed by atoms with Gasteiger partial charge in [-0.1, -0.05) is 12.1 Å². The van der Waals surface area contributed by atoms with Crippen LogP contribution in [0.15, 0.2) is 42.5 Å². The van der Waals surface area contributed by atoms with E-state index in [9.17, 15) is 0 Å². The van der Waals surface area contributed by atoms with Gasteiger partial charge in [-0.2, -0.15) is 0 Å². The number of aryl methyl sites for hydroxylation is 2. The Balaban J connectivity index is 1.70. The fourth-order valence-electron chi connectivity index (χ4n) is 3.02. The number of nitrogens with two attached hydrogens (primary N) is 1. The Kier molecular flexibility index (Phi) is 3.74. The third-order valence-electron chi connectivity index (χ3n) is 4.10. The van der Waals surface area contributed by atoms with E-state index < -0.39 is 0 Å². The lowest BCUT2D eigenvalue weighted by Crippen LogP contribution is -2.46. The lowest BCUT2D eigenvalue weighted by molar-refractivity contribution is 0.653. The number of hydrogen-bond acceptors (Lipinski definition) is 3. The highest BCUT2D eigenvalue weighted by Gasteiger charge is 2.17. The molecule has 1 aliphatic heterocycles. The summed E-state index contributed by atoms with van der Waals surface area (Å²) in [5, 5.41) is 0. The molecule has 3 nitrogen and oxygen atoms in total. The first-order chi connectivity index (χ1) is 10.1. The van der Waals surface area contributed by atoms with Crippen LogP contribution in [0.25, 0.3) is 0 Å². The molecule has 0 atom stereocenters. The molecule has 21 heavy (non-hydrogen) atoms. The van der Waals surface area contributed by atoms with Crippen LogP contribution < -0.4 is 15.5 Å². The molecular formula is C18H23N3.